The quantitative estimate of drug-likeness (QED) is 0.753. The number of hydrogen-bond acceptors (Lipinski definition) is 4. The Kier molecular flexibility index (Phi) is 4.50. The van der Waals surface area contributed by atoms with Crippen LogP contribution in [0.3, 0.4) is 0 Å². The number of amides is 3. The molecule has 0 bridgehead atoms. The molecule has 0 saturated heterocycles. The van der Waals surface area contributed by atoms with Gasteiger partial charge in [-0.05, 0) is 19.1 Å². The molecule has 1 aliphatic rings. The summed E-state index contributed by atoms with van der Waals surface area (Å²) in [5, 5.41) is 14.0. The van der Waals surface area contributed by atoms with Crippen LogP contribution >= 0.6 is 0 Å². The summed E-state index contributed by atoms with van der Waals surface area (Å²) in [6.45, 7) is 1.41. The second kappa shape index (κ2) is 6.33. The Balaban J connectivity index is 2.04. The lowest BCUT2D eigenvalue weighted by molar-refractivity contribution is -0.129. The molecule has 1 heterocycles. The van der Waals surface area contributed by atoms with Gasteiger partial charge in [-0.2, -0.15) is 0 Å². The molecule has 0 fully saturated rings. The number of ether oxygens (including phenoxy) is 1. The fourth-order valence-corrected chi connectivity index (χ4v) is 1.91. The van der Waals surface area contributed by atoms with E-state index in [-0.39, 0.29) is 6.61 Å². The van der Waals surface area contributed by atoms with Gasteiger partial charge in [-0.25, -0.2) is 4.79 Å². The number of hydrogen-bond donors (Lipinski definition) is 3. The molecule has 1 aromatic carbocycles. The molecular formula is C14H17N3O5. The van der Waals surface area contributed by atoms with E-state index in [4.69, 9.17) is 9.84 Å². The van der Waals surface area contributed by atoms with Crippen molar-refractivity contribution in [3.63, 3.8) is 0 Å². The molecule has 22 heavy (non-hydrogen) atoms. The summed E-state index contributed by atoms with van der Waals surface area (Å²) in [4.78, 5) is 35.8. The molecule has 0 saturated carbocycles. The summed E-state index contributed by atoms with van der Waals surface area (Å²) < 4.78 is 5.49. The Morgan fingerprint density at radius 2 is 2.14 bits per heavy atom. The number of carboxylic acid groups (broad SMARTS) is 1. The second-order valence-electron chi connectivity index (χ2n) is 4.93. The molecule has 3 amide bonds. The topological polar surface area (TPSA) is 108 Å². The van der Waals surface area contributed by atoms with E-state index in [0.717, 1.165) is 4.90 Å². The lowest BCUT2D eigenvalue weighted by Crippen LogP contribution is -2.53. The third kappa shape index (κ3) is 3.27. The first-order valence-corrected chi connectivity index (χ1v) is 6.69. The summed E-state index contributed by atoms with van der Waals surface area (Å²) in [6, 6.07) is 5.11. The van der Waals surface area contributed by atoms with Gasteiger partial charge in [-0.3, -0.25) is 14.5 Å². The highest BCUT2D eigenvalue weighted by Gasteiger charge is 2.29. The predicted molar refractivity (Wildman–Crippen MR) is 77.7 cm³/mol. The van der Waals surface area contributed by atoms with Gasteiger partial charge < -0.3 is 20.5 Å². The van der Waals surface area contributed by atoms with Crippen molar-refractivity contribution in [2.24, 2.45) is 0 Å². The van der Waals surface area contributed by atoms with E-state index < -0.39 is 30.0 Å². The second-order valence-corrected chi connectivity index (χ2v) is 4.93. The maximum atomic E-state index is 12.1. The van der Waals surface area contributed by atoms with Gasteiger partial charge in [-0.15, -0.1) is 0 Å². The van der Waals surface area contributed by atoms with E-state index in [2.05, 4.69) is 10.6 Å². The van der Waals surface area contributed by atoms with Crippen molar-refractivity contribution >= 4 is 23.6 Å². The number of likely N-dealkylation sites (N-methyl/N-ethyl adjacent to an activating group) is 1. The van der Waals surface area contributed by atoms with Crippen LogP contribution in [0.4, 0.5) is 10.5 Å². The van der Waals surface area contributed by atoms with Crippen molar-refractivity contribution in [3.8, 4) is 5.75 Å². The number of benzene rings is 1. The van der Waals surface area contributed by atoms with E-state index in [1.165, 1.54) is 14.0 Å². The predicted octanol–water partition coefficient (Wildman–Crippen LogP) is 0.501. The molecule has 0 spiro atoms. The molecule has 2 atom stereocenters. The van der Waals surface area contributed by atoms with Gasteiger partial charge >= 0.3 is 6.09 Å². The van der Waals surface area contributed by atoms with Crippen LogP contribution in [0, 0.1) is 0 Å². The lowest BCUT2D eigenvalue weighted by Gasteiger charge is -2.23. The first-order valence-electron chi connectivity index (χ1n) is 6.69. The van der Waals surface area contributed by atoms with E-state index in [0.29, 0.717) is 11.4 Å². The standard InChI is InChI=1S/C14H17N3O5/c1-8(17(2)14(20)21)12(18)16-10-7-22-11-6-4-3-5-9(11)15-13(10)19/h3-6,8,10H,7H2,1-2H3,(H,15,19)(H,16,18)(H,20,21)/t8-,10-/m0/s1. The highest BCUT2D eigenvalue weighted by molar-refractivity contribution is 5.99. The van der Waals surface area contributed by atoms with E-state index in [1.807, 2.05) is 0 Å². The average Bonchev–Trinajstić information content (AvgIpc) is 2.65. The molecule has 0 radical (unpaired) electrons. The summed E-state index contributed by atoms with van der Waals surface area (Å²) >= 11 is 0. The number of carbonyl (C=O) groups is 3. The Morgan fingerprint density at radius 3 is 2.82 bits per heavy atom. The first kappa shape index (κ1) is 15.6. The van der Waals surface area contributed by atoms with Gasteiger partial charge in [0, 0.05) is 7.05 Å². The van der Waals surface area contributed by atoms with Crippen molar-refractivity contribution in [2.75, 3.05) is 19.0 Å². The fourth-order valence-electron chi connectivity index (χ4n) is 1.91. The van der Waals surface area contributed by atoms with Crippen molar-refractivity contribution in [3.05, 3.63) is 24.3 Å². The van der Waals surface area contributed by atoms with Crippen LogP contribution in [0.1, 0.15) is 6.92 Å². The highest BCUT2D eigenvalue weighted by atomic mass is 16.5. The molecule has 8 nitrogen and oxygen atoms in total. The zero-order chi connectivity index (χ0) is 16.3. The highest BCUT2D eigenvalue weighted by Crippen LogP contribution is 2.26. The van der Waals surface area contributed by atoms with Crippen LogP contribution in [0.25, 0.3) is 0 Å². The number of fused-ring (bicyclic) bond motifs is 1. The monoisotopic (exact) mass is 307 g/mol. The Morgan fingerprint density at radius 1 is 1.45 bits per heavy atom. The third-order valence-electron chi connectivity index (χ3n) is 3.45. The number of nitrogens with one attached hydrogen (secondary N) is 2. The molecule has 0 aromatic heterocycles. The van der Waals surface area contributed by atoms with Gasteiger partial charge in [0.15, 0.2) is 0 Å². The van der Waals surface area contributed by atoms with Crippen molar-refractivity contribution in [1.82, 2.24) is 10.2 Å². The summed E-state index contributed by atoms with van der Waals surface area (Å²) in [6.07, 6.45) is -1.23. The minimum Gasteiger partial charge on any atom is -0.489 e. The average molecular weight is 307 g/mol. The van der Waals surface area contributed by atoms with E-state index in [1.54, 1.807) is 24.3 Å². The van der Waals surface area contributed by atoms with Crippen molar-refractivity contribution in [2.45, 2.75) is 19.0 Å². The summed E-state index contributed by atoms with van der Waals surface area (Å²) in [7, 11) is 1.28. The molecule has 3 N–H and O–H groups in total. The Bertz CT molecular complexity index is 604. The molecule has 118 valence electrons. The minimum atomic E-state index is -1.23. The summed E-state index contributed by atoms with van der Waals surface area (Å²) in [5.74, 6) is -0.466. The SMILES string of the molecule is C[C@@H](C(=O)N[C@H]1COc2ccccc2NC1=O)N(C)C(=O)O. The number of anilines is 1. The number of rotatable bonds is 3. The maximum absolute atomic E-state index is 12.1. The lowest BCUT2D eigenvalue weighted by atomic mass is 10.2. The van der Waals surface area contributed by atoms with Crippen molar-refractivity contribution < 1.29 is 24.2 Å². The maximum Gasteiger partial charge on any atom is 0.407 e. The van der Waals surface area contributed by atoms with E-state index >= 15 is 0 Å². The van der Waals surface area contributed by atoms with E-state index in [9.17, 15) is 14.4 Å². The Hall–Kier alpha value is -2.77. The van der Waals surface area contributed by atoms with Crippen LogP contribution in [0.5, 0.6) is 5.75 Å². The largest absolute Gasteiger partial charge is 0.489 e. The van der Waals surface area contributed by atoms with Crippen molar-refractivity contribution in [1.29, 1.82) is 0 Å². The van der Waals surface area contributed by atoms with Crippen LogP contribution < -0.4 is 15.4 Å². The minimum absolute atomic E-state index is 0.0297. The van der Waals surface area contributed by atoms with Gasteiger partial charge in [0.1, 0.15) is 24.4 Å². The molecule has 1 aliphatic heterocycles. The normalized spacial score (nSPS) is 18.1. The van der Waals surface area contributed by atoms with Gasteiger partial charge in [0.25, 0.3) is 5.91 Å². The third-order valence-corrected chi connectivity index (χ3v) is 3.45. The molecule has 1 aromatic rings. The molecular weight excluding hydrogens is 290 g/mol. The van der Waals surface area contributed by atoms with Gasteiger partial charge in [0.05, 0.1) is 5.69 Å². The zero-order valence-corrected chi connectivity index (χ0v) is 12.2. The van der Waals surface area contributed by atoms with Crippen LogP contribution in [0.15, 0.2) is 24.3 Å². The van der Waals surface area contributed by atoms with Crippen LogP contribution in [-0.2, 0) is 9.59 Å². The number of nitrogens with zero attached hydrogens (tertiary/aromatic N) is 1. The smallest absolute Gasteiger partial charge is 0.407 e. The number of carbonyl (C=O) groups excluding carboxylic acids is 2. The molecule has 8 heteroatoms. The zero-order valence-electron chi connectivity index (χ0n) is 12.2. The van der Waals surface area contributed by atoms with Gasteiger partial charge in [-0.1, -0.05) is 12.1 Å². The molecule has 0 aliphatic carbocycles. The number of para-hydroxylation sites is 2. The first-order chi connectivity index (χ1) is 10.4. The fraction of sp³-hybridized carbons (Fsp3) is 0.357. The molecule has 0 unspecified atom stereocenters. The van der Waals surface area contributed by atoms with Crippen LogP contribution in [0.2, 0.25) is 0 Å². The van der Waals surface area contributed by atoms with Gasteiger partial charge in [0.2, 0.25) is 5.91 Å². The Labute approximate surface area is 127 Å². The molecule has 2 rings (SSSR count). The summed E-state index contributed by atoms with van der Waals surface area (Å²) in [5.41, 5.74) is 0.528. The van der Waals surface area contributed by atoms with Crippen LogP contribution in [-0.4, -0.2) is 53.7 Å².